The minimum Gasteiger partial charge on any atom is -0.339 e. The first kappa shape index (κ1) is 16.5. The number of rotatable bonds is 4. The Hall–Kier alpha value is -2.95. The van der Waals surface area contributed by atoms with Gasteiger partial charge in [-0.1, -0.05) is 61.5 Å². The Morgan fingerprint density at radius 1 is 1.08 bits per heavy atom. The molecule has 4 rings (SSSR count). The van der Waals surface area contributed by atoms with Crippen LogP contribution in [0.15, 0.2) is 59.1 Å². The molecule has 0 aliphatic carbocycles. The van der Waals surface area contributed by atoms with Gasteiger partial charge >= 0.3 is 0 Å². The molecule has 3 aromatic rings. The number of anilines is 1. The normalized spacial score (nSPS) is 17.3. The van der Waals surface area contributed by atoms with Crippen LogP contribution in [0.2, 0.25) is 0 Å². The summed E-state index contributed by atoms with van der Waals surface area (Å²) in [5.74, 6) is 1.58. The third kappa shape index (κ3) is 3.12. The van der Waals surface area contributed by atoms with E-state index in [9.17, 15) is 4.79 Å². The molecule has 132 valence electrons. The third-order valence-corrected chi connectivity index (χ3v) is 4.82. The first-order chi connectivity index (χ1) is 12.6. The summed E-state index contributed by atoms with van der Waals surface area (Å²) in [5, 5.41) is 4.07. The minimum absolute atomic E-state index is 0.0720. The van der Waals surface area contributed by atoms with Crippen LogP contribution in [0.5, 0.6) is 0 Å². The molecular weight excluding hydrogens is 326 g/mol. The van der Waals surface area contributed by atoms with Gasteiger partial charge in [0.2, 0.25) is 17.6 Å². The second-order valence-electron chi connectivity index (χ2n) is 6.97. The molecule has 0 radical (unpaired) electrons. The third-order valence-electron chi connectivity index (χ3n) is 4.82. The van der Waals surface area contributed by atoms with Gasteiger partial charge in [0.1, 0.15) is 0 Å². The zero-order chi connectivity index (χ0) is 18.1. The zero-order valence-corrected chi connectivity index (χ0v) is 14.9. The molecule has 2 aromatic carbocycles. The lowest BCUT2D eigenvalue weighted by Gasteiger charge is -2.17. The van der Waals surface area contributed by atoms with E-state index in [1.54, 1.807) is 4.90 Å². The van der Waals surface area contributed by atoms with E-state index in [-0.39, 0.29) is 11.8 Å². The Bertz CT molecular complexity index is 901. The summed E-state index contributed by atoms with van der Waals surface area (Å²) >= 11 is 0. The number of amides is 1. The molecule has 1 atom stereocenters. The lowest BCUT2D eigenvalue weighted by atomic mass is 10.0. The highest BCUT2D eigenvalue weighted by atomic mass is 16.5. The van der Waals surface area contributed by atoms with Crippen molar-refractivity contribution in [3.63, 3.8) is 0 Å². The maximum Gasteiger partial charge on any atom is 0.232 e. The smallest absolute Gasteiger partial charge is 0.232 e. The fourth-order valence-corrected chi connectivity index (χ4v) is 3.27. The van der Waals surface area contributed by atoms with Gasteiger partial charge in [-0.3, -0.25) is 4.79 Å². The van der Waals surface area contributed by atoms with E-state index in [0.717, 1.165) is 11.3 Å². The van der Waals surface area contributed by atoms with Gasteiger partial charge in [-0.15, -0.1) is 0 Å². The first-order valence-electron chi connectivity index (χ1n) is 8.91. The van der Waals surface area contributed by atoms with Gasteiger partial charge in [0.15, 0.2) is 0 Å². The van der Waals surface area contributed by atoms with Crippen molar-refractivity contribution >= 4 is 11.6 Å². The summed E-state index contributed by atoms with van der Waals surface area (Å²) in [4.78, 5) is 18.8. The van der Waals surface area contributed by atoms with Gasteiger partial charge in [0, 0.05) is 24.2 Å². The molecule has 1 aromatic heterocycles. The predicted octanol–water partition coefficient (Wildman–Crippen LogP) is 4.38. The van der Waals surface area contributed by atoms with Crippen molar-refractivity contribution in [3.05, 3.63) is 66.1 Å². The van der Waals surface area contributed by atoms with E-state index in [0.29, 0.717) is 30.6 Å². The van der Waals surface area contributed by atoms with E-state index in [1.807, 2.05) is 42.5 Å². The molecule has 0 N–H and O–H groups in total. The van der Waals surface area contributed by atoms with E-state index >= 15 is 0 Å². The topological polar surface area (TPSA) is 59.2 Å². The number of nitrogens with zero attached hydrogens (tertiary/aromatic N) is 3. The van der Waals surface area contributed by atoms with Gasteiger partial charge in [-0.2, -0.15) is 4.98 Å². The van der Waals surface area contributed by atoms with E-state index in [1.165, 1.54) is 5.56 Å². The molecule has 0 spiro atoms. The molecular formula is C21H21N3O2. The Morgan fingerprint density at radius 2 is 1.81 bits per heavy atom. The summed E-state index contributed by atoms with van der Waals surface area (Å²) in [6.07, 6.45) is 0.391. The lowest BCUT2D eigenvalue weighted by Crippen LogP contribution is -2.24. The van der Waals surface area contributed by atoms with Gasteiger partial charge in [0.05, 0.1) is 5.92 Å². The molecule has 1 amide bonds. The molecule has 1 fully saturated rings. The number of benzene rings is 2. The monoisotopic (exact) mass is 347 g/mol. The Morgan fingerprint density at radius 3 is 2.50 bits per heavy atom. The van der Waals surface area contributed by atoms with Crippen molar-refractivity contribution in [2.45, 2.75) is 32.1 Å². The van der Waals surface area contributed by atoms with Crippen LogP contribution in [0.3, 0.4) is 0 Å². The summed E-state index contributed by atoms with van der Waals surface area (Å²) < 4.78 is 5.45. The van der Waals surface area contributed by atoms with Crippen LogP contribution in [-0.4, -0.2) is 22.6 Å². The van der Waals surface area contributed by atoms with Crippen molar-refractivity contribution < 1.29 is 9.32 Å². The van der Waals surface area contributed by atoms with Crippen LogP contribution < -0.4 is 4.90 Å². The number of carbonyl (C=O) groups excluding carboxylic acids is 1. The minimum atomic E-state index is -0.0720. The fourth-order valence-electron chi connectivity index (χ4n) is 3.27. The Labute approximate surface area is 152 Å². The van der Waals surface area contributed by atoms with Crippen LogP contribution >= 0.6 is 0 Å². The quantitative estimate of drug-likeness (QED) is 0.703. The maximum absolute atomic E-state index is 12.5. The molecule has 0 bridgehead atoms. The van der Waals surface area contributed by atoms with E-state index < -0.39 is 0 Å². The number of aromatic nitrogens is 2. The molecule has 0 saturated carbocycles. The standard InChI is InChI=1S/C21H21N3O2/c1-14(2)15-8-10-18(11-9-15)24-13-17(12-19(24)25)21-22-20(23-26-21)16-6-4-3-5-7-16/h3-11,14,17H,12-13H2,1-2H3/t17-/m0/s1. The Balaban J connectivity index is 1.52. The molecule has 5 nitrogen and oxygen atoms in total. The van der Waals surface area contributed by atoms with Crippen LogP contribution in [0.1, 0.15) is 43.6 Å². The fraction of sp³-hybridized carbons (Fsp3) is 0.286. The summed E-state index contributed by atoms with van der Waals surface area (Å²) in [5.41, 5.74) is 3.10. The van der Waals surface area contributed by atoms with Crippen molar-refractivity contribution in [2.24, 2.45) is 0 Å². The molecule has 2 heterocycles. The molecule has 1 saturated heterocycles. The molecule has 1 aliphatic rings. The molecule has 26 heavy (non-hydrogen) atoms. The number of hydrogen-bond donors (Lipinski definition) is 0. The largest absolute Gasteiger partial charge is 0.339 e. The number of carbonyl (C=O) groups is 1. The summed E-state index contributed by atoms with van der Waals surface area (Å²) in [6, 6.07) is 17.9. The summed E-state index contributed by atoms with van der Waals surface area (Å²) in [7, 11) is 0. The lowest BCUT2D eigenvalue weighted by molar-refractivity contribution is -0.117. The van der Waals surface area contributed by atoms with Gasteiger partial charge < -0.3 is 9.42 Å². The van der Waals surface area contributed by atoms with E-state index in [4.69, 9.17) is 4.52 Å². The van der Waals surface area contributed by atoms with Crippen molar-refractivity contribution in [3.8, 4) is 11.4 Å². The Kier molecular flexibility index (Phi) is 4.29. The molecule has 5 heteroatoms. The molecule has 0 unspecified atom stereocenters. The molecule has 1 aliphatic heterocycles. The second kappa shape index (κ2) is 6.75. The average molecular weight is 347 g/mol. The summed E-state index contributed by atoms with van der Waals surface area (Å²) in [6.45, 7) is 4.88. The highest BCUT2D eigenvalue weighted by Gasteiger charge is 2.35. The van der Waals surface area contributed by atoms with Gasteiger partial charge in [-0.25, -0.2) is 0 Å². The van der Waals surface area contributed by atoms with Crippen molar-refractivity contribution in [2.75, 3.05) is 11.4 Å². The predicted molar refractivity (Wildman–Crippen MR) is 100.0 cm³/mol. The zero-order valence-electron chi connectivity index (χ0n) is 14.9. The van der Waals surface area contributed by atoms with Crippen LogP contribution in [0, 0.1) is 0 Å². The average Bonchev–Trinajstić information content (AvgIpc) is 3.29. The van der Waals surface area contributed by atoms with Crippen molar-refractivity contribution in [1.29, 1.82) is 0 Å². The highest BCUT2D eigenvalue weighted by Crippen LogP contribution is 2.32. The van der Waals surface area contributed by atoms with Crippen LogP contribution in [-0.2, 0) is 4.79 Å². The SMILES string of the molecule is CC(C)c1ccc(N2C[C@@H](c3nc(-c4ccccc4)no3)CC2=O)cc1. The second-order valence-corrected chi connectivity index (χ2v) is 6.97. The van der Waals surface area contributed by atoms with Crippen LogP contribution in [0.25, 0.3) is 11.4 Å². The first-order valence-corrected chi connectivity index (χ1v) is 8.91. The number of hydrogen-bond acceptors (Lipinski definition) is 4. The van der Waals surface area contributed by atoms with Crippen LogP contribution in [0.4, 0.5) is 5.69 Å². The van der Waals surface area contributed by atoms with Gasteiger partial charge in [0.25, 0.3) is 0 Å². The highest BCUT2D eigenvalue weighted by molar-refractivity contribution is 5.96. The van der Waals surface area contributed by atoms with E-state index in [2.05, 4.69) is 36.1 Å². The maximum atomic E-state index is 12.5. The van der Waals surface area contributed by atoms with Gasteiger partial charge in [-0.05, 0) is 23.6 Å². The van der Waals surface area contributed by atoms with Crippen molar-refractivity contribution in [1.82, 2.24) is 10.1 Å².